The molecule has 0 radical (unpaired) electrons. The number of hydrogen-bond acceptors (Lipinski definition) is 2. The van der Waals surface area contributed by atoms with Crippen molar-refractivity contribution in [1.29, 1.82) is 0 Å². The van der Waals surface area contributed by atoms with Crippen molar-refractivity contribution in [2.75, 3.05) is 0 Å². The van der Waals surface area contributed by atoms with Gasteiger partial charge in [0.25, 0.3) is 0 Å². The molecule has 0 saturated heterocycles. The molecule has 1 aromatic carbocycles. The first kappa shape index (κ1) is 14.3. The minimum atomic E-state index is 0.286. The predicted octanol–water partition coefficient (Wildman–Crippen LogP) is 4.38. The Hall–Kier alpha value is 0.350. The van der Waals surface area contributed by atoms with Gasteiger partial charge < -0.3 is 0 Å². The molecule has 2 bridgehead atoms. The zero-order chi connectivity index (χ0) is 13.4. The van der Waals surface area contributed by atoms with Gasteiger partial charge in [-0.15, -0.1) is 0 Å². The first-order valence-electron chi connectivity index (χ1n) is 7.08. The lowest BCUT2D eigenvalue weighted by Crippen LogP contribution is -2.31. The monoisotopic (exact) mass is 434 g/mol. The summed E-state index contributed by atoms with van der Waals surface area (Å²) >= 11 is 5.98. The Labute approximate surface area is 137 Å². The van der Waals surface area contributed by atoms with Crippen molar-refractivity contribution in [2.24, 2.45) is 23.6 Å². The number of benzene rings is 1. The van der Waals surface area contributed by atoms with Gasteiger partial charge in [0.15, 0.2) is 0 Å². The maximum Gasteiger partial charge on any atom is 0.0473 e. The summed E-state index contributed by atoms with van der Waals surface area (Å²) in [6.45, 7) is 0. The molecular weight excluding hydrogens is 415 g/mol. The third-order valence-electron chi connectivity index (χ3n) is 4.96. The molecule has 0 heterocycles. The number of fused-ring (bicyclic) bond motifs is 2. The second-order valence-corrected chi connectivity index (χ2v) is 8.13. The van der Waals surface area contributed by atoms with Crippen LogP contribution >= 0.6 is 38.5 Å². The van der Waals surface area contributed by atoms with Crippen molar-refractivity contribution in [1.82, 2.24) is 5.43 Å². The Morgan fingerprint density at radius 1 is 1.37 bits per heavy atom. The van der Waals surface area contributed by atoms with Gasteiger partial charge in [-0.25, -0.2) is 0 Å². The SMILES string of the molecule is NNC(CC1CC2CCC1C2)c1cc(Br)ccc1I. The smallest absolute Gasteiger partial charge is 0.0473 e. The van der Waals surface area contributed by atoms with Gasteiger partial charge in [-0.2, -0.15) is 0 Å². The summed E-state index contributed by atoms with van der Waals surface area (Å²) in [6, 6.07) is 6.75. The highest BCUT2D eigenvalue weighted by molar-refractivity contribution is 14.1. The molecule has 4 atom stereocenters. The topological polar surface area (TPSA) is 38.0 Å². The predicted molar refractivity (Wildman–Crippen MR) is 90.5 cm³/mol. The van der Waals surface area contributed by atoms with E-state index in [0.717, 1.165) is 22.2 Å². The van der Waals surface area contributed by atoms with E-state index in [0.29, 0.717) is 0 Å². The van der Waals surface area contributed by atoms with Crippen LogP contribution in [0.3, 0.4) is 0 Å². The first-order valence-corrected chi connectivity index (χ1v) is 8.95. The van der Waals surface area contributed by atoms with Crippen LogP contribution in [0.25, 0.3) is 0 Å². The van der Waals surface area contributed by atoms with E-state index in [2.05, 4.69) is 62.1 Å². The van der Waals surface area contributed by atoms with Gasteiger partial charge in [-0.3, -0.25) is 11.3 Å². The fourth-order valence-corrected chi connectivity index (χ4v) is 5.12. The van der Waals surface area contributed by atoms with Crippen molar-refractivity contribution in [3.8, 4) is 0 Å². The Morgan fingerprint density at radius 3 is 2.84 bits per heavy atom. The molecule has 2 fully saturated rings. The Morgan fingerprint density at radius 2 is 2.21 bits per heavy atom. The van der Waals surface area contributed by atoms with Crippen LogP contribution in [0.2, 0.25) is 0 Å². The third kappa shape index (κ3) is 3.01. The van der Waals surface area contributed by atoms with Crippen LogP contribution in [-0.2, 0) is 0 Å². The summed E-state index contributed by atoms with van der Waals surface area (Å²) in [4.78, 5) is 0. The van der Waals surface area contributed by atoms with Crippen LogP contribution < -0.4 is 11.3 Å². The van der Waals surface area contributed by atoms with Crippen molar-refractivity contribution in [3.63, 3.8) is 0 Å². The number of hydrogen-bond donors (Lipinski definition) is 2. The minimum absolute atomic E-state index is 0.286. The summed E-state index contributed by atoms with van der Waals surface area (Å²) in [5.74, 6) is 8.67. The fourth-order valence-electron chi connectivity index (χ4n) is 4.03. The molecular formula is C15H20BrIN2. The highest BCUT2D eigenvalue weighted by Gasteiger charge is 2.40. The summed E-state index contributed by atoms with van der Waals surface area (Å²) in [6.07, 6.45) is 6.99. The molecule has 0 aliphatic heterocycles. The van der Waals surface area contributed by atoms with Crippen LogP contribution in [0.1, 0.15) is 43.7 Å². The highest BCUT2D eigenvalue weighted by Crippen LogP contribution is 2.51. The van der Waals surface area contributed by atoms with Crippen LogP contribution in [0, 0.1) is 21.3 Å². The largest absolute Gasteiger partial charge is 0.271 e. The average molecular weight is 435 g/mol. The molecule has 0 aromatic heterocycles. The molecule has 0 amide bonds. The molecule has 1 aromatic rings. The molecule has 3 rings (SSSR count). The van der Waals surface area contributed by atoms with Crippen LogP contribution in [0.15, 0.2) is 22.7 Å². The van der Waals surface area contributed by atoms with Gasteiger partial charge in [-0.1, -0.05) is 22.4 Å². The molecule has 3 N–H and O–H groups in total. The summed E-state index contributed by atoms with van der Waals surface area (Å²) in [5.41, 5.74) is 4.38. The quantitative estimate of drug-likeness (QED) is 0.419. The van der Waals surface area contributed by atoms with E-state index in [4.69, 9.17) is 5.84 Å². The van der Waals surface area contributed by atoms with Crippen molar-refractivity contribution in [2.45, 2.75) is 38.1 Å². The molecule has 19 heavy (non-hydrogen) atoms. The lowest BCUT2D eigenvalue weighted by atomic mass is 9.83. The molecule has 2 nitrogen and oxygen atoms in total. The average Bonchev–Trinajstić information content (AvgIpc) is 3.01. The van der Waals surface area contributed by atoms with E-state index >= 15 is 0 Å². The standard InChI is InChI=1S/C15H20BrIN2/c16-12-3-4-14(17)13(8-12)15(19-18)7-11-6-9-1-2-10(11)5-9/h3-4,8-11,15,19H,1-2,5-7,18H2. The molecule has 2 aliphatic rings. The number of nitrogens with two attached hydrogens (primary N) is 1. The van der Waals surface area contributed by atoms with Crippen molar-refractivity contribution in [3.05, 3.63) is 31.8 Å². The van der Waals surface area contributed by atoms with E-state index in [1.807, 2.05) is 0 Å². The second kappa shape index (κ2) is 6.00. The van der Waals surface area contributed by atoms with Gasteiger partial charge in [0, 0.05) is 14.1 Å². The zero-order valence-electron chi connectivity index (χ0n) is 10.9. The van der Waals surface area contributed by atoms with Crippen LogP contribution in [0.4, 0.5) is 0 Å². The summed E-state index contributed by atoms with van der Waals surface area (Å²) in [7, 11) is 0. The van der Waals surface area contributed by atoms with Gasteiger partial charge in [0.1, 0.15) is 0 Å². The molecule has 2 aliphatic carbocycles. The van der Waals surface area contributed by atoms with E-state index in [1.165, 1.54) is 41.2 Å². The Kier molecular flexibility index (Phi) is 4.51. The van der Waals surface area contributed by atoms with E-state index in [-0.39, 0.29) is 6.04 Å². The van der Waals surface area contributed by atoms with Gasteiger partial charge >= 0.3 is 0 Å². The molecule has 4 unspecified atom stereocenters. The van der Waals surface area contributed by atoms with Crippen molar-refractivity contribution >= 4 is 38.5 Å². The highest BCUT2D eigenvalue weighted by atomic mass is 127. The van der Waals surface area contributed by atoms with E-state index in [9.17, 15) is 0 Å². The molecule has 2 saturated carbocycles. The maximum absolute atomic E-state index is 5.83. The lowest BCUT2D eigenvalue weighted by molar-refractivity contribution is 0.279. The van der Waals surface area contributed by atoms with E-state index in [1.54, 1.807) is 0 Å². The van der Waals surface area contributed by atoms with E-state index < -0.39 is 0 Å². The van der Waals surface area contributed by atoms with Gasteiger partial charge in [0.05, 0.1) is 0 Å². The third-order valence-corrected chi connectivity index (χ3v) is 6.43. The van der Waals surface area contributed by atoms with Crippen LogP contribution in [0.5, 0.6) is 0 Å². The minimum Gasteiger partial charge on any atom is -0.271 e. The molecule has 104 valence electrons. The summed E-state index contributed by atoms with van der Waals surface area (Å²) < 4.78 is 2.43. The summed E-state index contributed by atoms with van der Waals surface area (Å²) in [5, 5.41) is 0. The number of nitrogens with one attached hydrogen (secondary N) is 1. The Balaban J connectivity index is 1.75. The molecule has 0 spiro atoms. The molecule has 4 heteroatoms. The fraction of sp³-hybridized carbons (Fsp3) is 0.600. The van der Waals surface area contributed by atoms with Gasteiger partial charge in [0.2, 0.25) is 0 Å². The zero-order valence-corrected chi connectivity index (χ0v) is 14.7. The first-order chi connectivity index (χ1) is 9.17. The maximum atomic E-state index is 5.83. The number of halogens is 2. The van der Waals surface area contributed by atoms with Crippen molar-refractivity contribution < 1.29 is 0 Å². The Bertz CT molecular complexity index is 465. The van der Waals surface area contributed by atoms with Gasteiger partial charge in [-0.05, 0) is 89.8 Å². The second-order valence-electron chi connectivity index (χ2n) is 6.06. The number of rotatable bonds is 4. The normalized spacial score (nSPS) is 30.8. The number of hydrazine groups is 1. The lowest BCUT2D eigenvalue weighted by Gasteiger charge is -2.27. The van der Waals surface area contributed by atoms with Crippen LogP contribution in [-0.4, -0.2) is 0 Å².